The predicted octanol–water partition coefficient (Wildman–Crippen LogP) is 5.63. The van der Waals surface area contributed by atoms with E-state index in [2.05, 4.69) is 33.5 Å². The van der Waals surface area contributed by atoms with Crippen molar-refractivity contribution in [2.24, 2.45) is 0 Å². The van der Waals surface area contributed by atoms with Gasteiger partial charge in [-0.3, -0.25) is 10.1 Å². The fourth-order valence-electron chi connectivity index (χ4n) is 2.97. The maximum absolute atomic E-state index is 11.1. The molecule has 2 heterocycles. The number of aromatic nitrogens is 2. The normalized spacial score (nSPS) is 10.9. The highest BCUT2D eigenvalue weighted by atomic mass is 32.1. The molecule has 0 saturated carbocycles. The minimum atomic E-state index is -0.385. The Bertz CT molecular complexity index is 1170. The molecule has 0 bridgehead atoms. The van der Waals surface area contributed by atoms with Gasteiger partial charge in [-0.2, -0.15) is 0 Å². The van der Waals surface area contributed by atoms with E-state index < -0.39 is 0 Å². The second-order valence-electron chi connectivity index (χ2n) is 6.30. The third kappa shape index (κ3) is 3.24. The van der Waals surface area contributed by atoms with E-state index in [0.717, 1.165) is 38.2 Å². The quantitative estimate of drug-likeness (QED) is 0.369. The van der Waals surface area contributed by atoms with Crippen molar-refractivity contribution in [2.75, 3.05) is 5.32 Å². The van der Waals surface area contributed by atoms with Crippen LogP contribution in [-0.4, -0.2) is 14.9 Å². The van der Waals surface area contributed by atoms with Crippen LogP contribution in [-0.2, 0) is 0 Å². The summed E-state index contributed by atoms with van der Waals surface area (Å²) < 4.78 is 0. The largest absolute Gasteiger partial charge is 0.339 e. The van der Waals surface area contributed by atoms with Gasteiger partial charge in [-0.05, 0) is 36.6 Å². The number of fused-ring (bicyclic) bond motifs is 1. The van der Waals surface area contributed by atoms with Crippen molar-refractivity contribution in [3.8, 4) is 11.1 Å². The highest BCUT2D eigenvalue weighted by Crippen LogP contribution is 2.38. The molecule has 2 aromatic heterocycles. The van der Waals surface area contributed by atoms with Crippen LogP contribution in [0.15, 0.2) is 54.2 Å². The van der Waals surface area contributed by atoms with Gasteiger partial charge in [0, 0.05) is 28.8 Å². The number of hydrogen-bond donors (Lipinski definition) is 1. The van der Waals surface area contributed by atoms with Crippen molar-refractivity contribution < 1.29 is 4.92 Å². The summed E-state index contributed by atoms with van der Waals surface area (Å²) in [4.78, 5) is 20.4. The first-order valence-electron chi connectivity index (χ1n) is 8.34. The van der Waals surface area contributed by atoms with E-state index in [1.54, 1.807) is 12.1 Å². The second-order valence-corrected chi connectivity index (χ2v) is 7.16. The summed E-state index contributed by atoms with van der Waals surface area (Å²) in [5.74, 6) is 0.691. The SMILES string of the molecule is Cc1ccc(C)c(Nc2ncnc3scc(-c4cccc([N+](=O)[O-])c4)c23)c1. The van der Waals surface area contributed by atoms with E-state index in [1.807, 2.05) is 25.3 Å². The molecule has 0 saturated heterocycles. The van der Waals surface area contributed by atoms with Gasteiger partial charge in [0.25, 0.3) is 5.69 Å². The zero-order chi connectivity index (χ0) is 19.0. The van der Waals surface area contributed by atoms with E-state index in [9.17, 15) is 10.1 Å². The van der Waals surface area contributed by atoms with Gasteiger partial charge in [-0.1, -0.05) is 24.3 Å². The Morgan fingerprint density at radius 2 is 1.96 bits per heavy atom. The van der Waals surface area contributed by atoms with Crippen molar-refractivity contribution >= 4 is 38.7 Å². The molecule has 2 aromatic carbocycles. The third-order valence-corrected chi connectivity index (χ3v) is 5.27. The Morgan fingerprint density at radius 3 is 2.78 bits per heavy atom. The smallest absolute Gasteiger partial charge is 0.270 e. The number of hydrogen-bond acceptors (Lipinski definition) is 6. The minimum Gasteiger partial charge on any atom is -0.339 e. The first kappa shape index (κ1) is 17.1. The van der Waals surface area contributed by atoms with E-state index in [4.69, 9.17) is 0 Å². The molecular formula is C20H16N4O2S. The third-order valence-electron chi connectivity index (χ3n) is 4.38. The number of non-ortho nitro benzene ring substituents is 1. The Morgan fingerprint density at radius 1 is 1.11 bits per heavy atom. The molecule has 134 valence electrons. The van der Waals surface area contributed by atoms with Crippen LogP contribution in [0.25, 0.3) is 21.3 Å². The summed E-state index contributed by atoms with van der Waals surface area (Å²) in [5, 5.41) is 17.4. The van der Waals surface area contributed by atoms with Gasteiger partial charge in [-0.25, -0.2) is 9.97 Å². The van der Waals surface area contributed by atoms with Gasteiger partial charge in [0.05, 0.1) is 10.3 Å². The minimum absolute atomic E-state index is 0.0627. The van der Waals surface area contributed by atoms with Crippen molar-refractivity contribution in [1.82, 2.24) is 9.97 Å². The topological polar surface area (TPSA) is 81.0 Å². The van der Waals surface area contributed by atoms with Crippen molar-refractivity contribution in [2.45, 2.75) is 13.8 Å². The predicted molar refractivity (Wildman–Crippen MR) is 109 cm³/mol. The van der Waals surface area contributed by atoms with Crippen molar-refractivity contribution in [3.63, 3.8) is 0 Å². The number of nitrogens with one attached hydrogen (secondary N) is 1. The summed E-state index contributed by atoms with van der Waals surface area (Å²) in [5.41, 5.74) is 4.96. The maximum atomic E-state index is 11.1. The molecule has 0 atom stereocenters. The zero-order valence-electron chi connectivity index (χ0n) is 14.8. The van der Waals surface area contributed by atoms with Crippen LogP contribution in [0.2, 0.25) is 0 Å². The number of nitrogens with zero attached hydrogens (tertiary/aromatic N) is 3. The highest BCUT2D eigenvalue weighted by Gasteiger charge is 2.16. The lowest BCUT2D eigenvalue weighted by Gasteiger charge is -2.11. The number of thiophene rings is 1. The van der Waals surface area contributed by atoms with Crippen LogP contribution < -0.4 is 5.32 Å². The summed E-state index contributed by atoms with van der Waals surface area (Å²) in [6.07, 6.45) is 1.53. The molecule has 0 spiro atoms. The molecule has 27 heavy (non-hydrogen) atoms. The molecular weight excluding hydrogens is 360 g/mol. The second kappa shape index (κ2) is 6.77. The number of nitro benzene ring substituents is 1. The first-order valence-corrected chi connectivity index (χ1v) is 9.22. The molecule has 0 aliphatic rings. The molecule has 4 rings (SSSR count). The lowest BCUT2D eigenvalue weighted by atomic mass is 10.1. The summed E-state index contributed by atoms with van der Waals surface area (Å²) in [7, 11) is 0. The highest BCUT2D eigenvalue weighted by molar-refractivity contribution is 7.17. The van der Waals surface area contributed by atoms with E-state index in [1.165, 1.54) is 23.7 Å². The Labute approximate surface area is 159 Å². The Kier molecular flexibility index (Phi) is 4.29. The molecule has 6 nitrogen and oxygen atoms in total. The first-order chi connectivity index (χ1) is 13.0. The van der Waals surface area contributed by atoms with Crippen LogP contribution in [0.4, 0.5) is 17.2 Å². The van der Waals surface area contributed by atoms with Gasteiger partial charge in [0.2, 0.25) is 0 Å². The Hall–Kier alpha value is -3.32. The molecule has 0 aliphatic heterocycles. The summed E-state index contributed by atoms with van der Waals surface area (Å²) >= 11 is 1.49. The lowest BCUT2D eigenvalue weighted by Crippen LogP contribution is -1.98. The molecule has 0 radical (unpaired) electrons. The van der Waals surface area contributed by atoms with Crippen LogP contribution in [0.1, 0.15) is 11.1 Å². The average Bonchev–Trinajstić information content (AvgIpc) is 3.10. The number of aryl methyl sites for hydroxylation is 2. The van der Waals surface area contributed by atoms with E-state index in [-0.39, 0.29) is 10.6 Å². The van der Waals surface area contributed by atoms with Crippen LogP contribution in [0.3, 0.4) is 0 Å². The molecule has 0 amide bonds. The fraction of sp³-hybridized carbons (Fsp3) is 0.100. The molecule has 0 unspecified atom stereocenters. The number of benzene rings is 2. The monoisotopic (exact) mass is 376 g/mol. The summed E-state index contributed by atoms with van der Waals surface area (Å²) in [6.45, 7) is 4.08. The van der Waals surface area contributed by atoms with Gasteiger partial charge in [-0.15, -0.1) is 11.3 Å². The maximum Gasteiger partial charge on any atom is 0.270 e. The number of anilines is 2. The van der Waals surface area contributed by atoms with E-state index in [0.29, 0.717) is 5.82 Å². The number of nitro groups is 1. The number of rotatable bonds is 4. The van der Waals surface area contributed by atoms with Crippen LogP contribution in [0, 0.1) is 24.0 Å². The lowest BCUT2D eigenvalue weighted by molar-refractivity contribution is -0.384. The van der Waals surface area contributed by atoms with Gasteiger partial charge < -0.3 is 5.32 Å². The molecule has 1 N–H and O–H groups in total. The van der Waals surface area contributed by atoms with Gasteiger partial charge in [0.15, 0.2) is 0 Å². The van der Waals surface area contributed by atoms with Gasteiger partial charge in [0.1, 0.15) is 17.0 Å². The summed E-state index contributed by atoms with van der Waals surface area (Å²) in [6, 6.07) is 12.8. The van der Waals surface area contributed by atoms with E-state index >= 15 is 0 Å². The van der Waals surface area contributed by atoms with Crippen LogP contribution >= 0.6 is 11.3 Å². The average molecular weight is 376 g/mol. The standard InChI is InChI=1S/C20H16N4O2S/c1-12-6-7-13(2)17(8-12)23-19-18-16(10-27-20(18)22-11-21-19)14-4-3-5-15(9-14)24(25)26/h3-11H,1-2H3,(H,21,22,23). The van der Waals surface area contributed by atoms with Crippen molar-refractivity contribution in [1.29, 1.82) is 0 Å². The van der Waals surface area contributed by atoms with Crippen LogP contribution in [0.5, 0.6) is 0 Å². The molecule has 0 fully saturated rings. The zero-order valence-corrected chi connectivity index (χ0v) is 15.6. The van der Waals surface area contributed by atoms with Gasteiger partial charge >= 0.3 is 0 Å². The van der Waals surface area contributed by atoms with Crippen molar-refractivity contribution in [3.05, 3.63) is 75.4 Å². The fourth-order valence-corrected chi connectivity index (χ4v) is 3.88. The Balaban J connectivity index is 1.86. The molecule has 0 aliphatic carbocycles. The molecule has 7 heteroatoms. The molecule has 4 aromatic rings.